The third kappa shape index (κ3) is 6.09. The van der Waals surface area contributed by atoms with Crippen molar-refractivity contribution >= 4 is 11.7 Å². The van der Waals surface area contributed by atoms with Gasteiger partial charge in [-0.05, 0) is 53.3 Å². The number of methoxy groups -OCH3 is 1. The zero-order chi connectivity index (χ0) is 27.2. The molecule has 4 aromatic carbocycles. The summed E-state index contributed by atoms with van der Waals surface area (Å²) in [5, 5.41) is 11.8. The van der Waals surface area contributed by atoms with Crippen molar-refractivity contribution in [3.8, 4) is 22.6 Å². The molecule has 39 heavy (non-hydrogen) atoms. The summed E-state index contributed by atoms with van der Waals surface area (Å²) < 4.78 is 16.9. The number of cyclic esters (lactones) is 1. The van der Waals surface area contributed by atoms with Crippen LogP contribution in [0.25, 0.3) is 11.1 Å². The van der Waals surface area contributed by atoms with Crippen LogP contribution in [0, 0.1) is 16.0 Å². The van der Waals surface area contributed by atoms with Gasteiger partial charge in [0.25, 0.3) is 0 Å². The fourth-order valence-electron chi connectivity index (χ4n) is 5.00. The molecular weight excluding hydrogens is 494 g/mol. The molecule has 0 bridgehead atoms. The van der Waals surface area contributed by atoms with Gasteiger partial charge in [-0.2, -0.15) is 0 Å². The van der Waals surface area contributed by atoms with E-state index in [9.17, 15) is 14.9 Å². The van der Waals surface area contributed by atoms with Crippen LogP contribution in [-0.2, 0) is 22.6 Å². The molecule has 2 unspecified atom stereocenters. The highest BCUT2D eigenvalue weighted by molar-refractivity contribution is 5.75. The first-order valence-electron chi connectivity index (χ1n) is 12.9. The number of nitro benzene ring substituents is 1. The molecule has 2 atom stereocenters. The zero-order valence-corrected chi connectivity index (χ0v) is 21.6. The average molecular weight is 524 g/mol. The van der Waals surface area contributed by atoms with Crippen LogP contribution >= 0.6 is 0 Å². The number of ether oxygens (including phenoxy) is 3. The first-order valence-corrected chi connectivity index (χ1v) is 12.9. The van der Waals surface area contributed by atoms with Crippen molar-refractivity contribution in [2.24, 2.45) is 5.92 Å². The van der Waals surface area contributed by atoms with Crippen LogP contribution in [0.3, 0.4) is 0 Å². The Balaban J connectivity index is 1.33. The monoisotopic (exact) mass is 523 g/mol. The average Bonchev–Trinajstić information content (AvgIpc) is 2.98. The molecule has 0 aliphatic carbocycles. The van der Waals surface area contributed by atoms with Gasteiger partial charge in [-0.1, -0.05) is 72.8 Å². The lowest BCUT2D eigenvalue weighted by atomic mass is 9.83. The van der Waals surface area contributed by atoms with Crippen molar-refractivity contribution in [1.29, 1.82) is 0 Å². The van der Waals surface area contributed by atoms with E-state index in [1.165, 1.54) is 6.07 Å². The normalized spacial score (nSPS) is 16.8. The van der Waals surface area contributed by atoms with E-state index < -0.39 is 10.8 Å². The molecule has 1 aliphatic rings. The second-order valence-electron chi connectivity index (χ2n) is 9.62. The summed E-state index contributed by atoms with van der Waals surface area (Å²) in [5.74, 6) is 0.279. The number of hydrogen-bond donors (Lipinski definition) is 0. The predicted octanol–water partition coefficient (Wildman–Crippen LogP) is 6.74. The molecule has 198 valence electrons. The van der Waals surface area contributed by atoms with E-state index >= 15 is 0 Å². The van der Waals surface area contributed by atoms with E-state index in [4.69, 9.17) is 14.2 Å². The van der Waals surface area contributed by atoms with Gasteiger partial charge in [-0.3, -0.25) is 14.9 Å². The minimum absolute atomic E-state index is 0.00420. The lowest BCUT2D eigenvalue weighted by Gasteiger charge is -2.29. The van der Waals surface area contributed by atoms with Crippen LogP contribution in [0.4, 0.5) is 5.69 Å². The fourth-order valence-corrected chi connectivity index (χ4v) is 5.00. The van der Waals surface area contributed by atoms with Crippen molar-refractivity contribution in [2.75, 3.05) is 13.7 Å². The molecule has 0 saturated carbocycles. The Kier molecular flexibility index (Phi) is 7.87. The maximum Gasteiger partial charge on any atom is 0.311 e. The van der Waals surface area contributed by atoms with Crippen LogP contribution < -0.4 is 9.47 Å². The molecule has 1 saturated heterocycles. The second kappa shape index (κ2) is 11.8. The smallest absolute Gasteiger partial charge is 0.311 e. The lowest BCUT2D eigenvalue weighted by molar-refractivity contribution is -0.386. The number of esters is 1. The zero-order valence-electron chi connectivity index (χ0n) is 21.6. The summed E-state index contributed by atoms with van der Waals surface area (Å²) in [6.07, 6.45) is 0.927. The van der Waals surface area contributed by atoms with Gasteiger partial charge in [-0.15, -0.1) is 0 Å². The van der Waals surface area contributed by atoms with Gasteiger partial charge in [0.1, 0.15) is 12.4 Å². The largest absolute Gasteiger partial charge is 0.496 e. The maximum atomic E-state index is 12.7. The van der Waals surface area contributed by atoms with E-state index in [1.807, 2.05) is 72.8 Å². The third-order valence-corrected chi connectivity index (χ3v) is 7.05. The van der Waals surface area contributed by atoms with Gasteiger partial charge in [0.2, 0.25) is 0 Å². The van der Waals surface area contributed by atoms with Crippen LogP contribution in [-0.4, -0.2) is 24.6 Å². The maximum absolute atomic E-state index is 12.7. The summed E-state index contributed by atoms with van der Waals surface area (Å²) >= 11 is 0. The molecule has 0 amide bonds. The van der Waals surface area contributed by atoms with Crippen LogP contribution in [0.2, 0.25) is 0 Å². The molecule has 7 heteroatoms. The Bertz CT molecular complexity index is 1450. The first-order chi connectivity index (χ1) is 19.0. The Hall–Kier alpha value is -4.65. The molecule has 0 spiro atoms. The molecule has 0 radical (unpaired) electrons. The summed E-state index contributed by atoms with van der Waals surface area (Å²) in [6.45, 7) is 0.521. The number of benzene rings is 4. The predicted molar refractivity (Wildman–Crippen MR) is 148 cm³/mol. The minimum Gasteiger partial charge on any atom is -0.496 e. The summed E-state index contributed by atoms with van der Waals surface area (Å²) in [4.78, 5) is 24.1. The Morgan fingerprint density at radius 2 is 1.62 bits per heavy atom. The number of carbonyl (C=O) groups excluding carboxylic acids is 1. The molecule has 1 aliphatic heterocycles. The second-order valence-corrected chi connectivity index (χ2v) is 9.62. The first kappa shape index (κ1) is 26.0. The van der Waals surface area contributed by atoms with Gasteiger partial charge in [-0.25, -0.2) is 0 Å². The quantitative estimate of drug-likeness (QED) is 0.137. The number of carbonyl (C=O) groups is 1. The SMILES string of the molecule is COc1ccc(C2COC(=O)C(Cc3ccc(OCc4ccccc4)c([N+](=O)[O-])c3)C2)cc1-c1ccccc1. The fraction of sp³-hybridized carbons (Fsp3) is 0.219. The van der Waals surface area contributed by atoms with Crippen LogP contribution in [0.5, 0.6) is 11.5 Å². The van der Waals surface area contributed by atoms with Crippen molar-refractivity contribution in [3.63, 3.8) is 0 Å². The van der Waals surface area contributed by atoms with Crippen LogP contribution in [0.15, 0.2) is 97.1 Å². The van der Waals surface area contributed by atoms with Crippen LogP contribution in [0.1, 0.15) is 29.0 Å². The van der Waals surface area contributed by atoms with E-state index in [2.05, 4.69) is 6.07 Å². The highest BCUT2D eigenvalue weighted by Crippen LogP contribution is 2.38. The van der Waals surface area contributed by atoms with E-state index in [0.29, 0.717) is 25.0 Å². The van der Waals surface area contributed by atoms with Crippen molar-refractivity contribution in [3.05, 3.63) is 124 Å². The minimum atomic E-state index is -0.450. The van der Waals surface area contributed by atoms with Gasteiger partial charge in [0.15, 0.2) is 5.75 Å². The van der Waals surface area contributed by atoms with Gasteiger partial charge in [0, 0.05) is 17.5 Å². The van der Waals surface area contributed by atoms with E-state index in [1.54, 1.807) is 19.2 Å². The Morgan fingerprint density at radius 3 is 2.33 bits per heavy atom. The molecule has 1 heterocycles. The van der Waals surface area contributed by atoms with Crippen molar-refractivity contribution in [2.45, 2.75) is 25.4 Å². The molecule has 0 N–H and O–H groups in total. The third-order valence-electron chi connectivity index (χ3n) is 7.05. The number of nitro groups is 1. The summed E-state index contributed by atoms with van der Waals surface area (Å²) in [5.41, 5.74) is 4.57. The summed E-state index contributed by atoms with van der Waals surface area (Å²) in [7, 11) is 1.65. The van der Waals surface area contributed by atoms with Crippen molar-refractivity contribution in [1.82, 2.24) is 0 Å². The van der Waals surface area contributed by atoms with Crippen molar-refractivity contribution < 1.29 is 23.9 Å². The van der Waals surface area contributed by atoms with E-state index in [-0.39, 0.29) is 29.9 Å². The summed E-state index contributed by atoms with van der Waals surface area (Å²) in [6, 6.07) is 30.4. The number of hydrogen-bond acceptors (Lipinski definition) is 6. The standard InChI is InChI=1S/C32H29NO6/c1-37-30-15-13-25(19-28(30)24-10-6-3-7-11-24)27-18-26(32(34)39-21-27)16-23-12-14-31(29(17-23)33(35)36)38-20-22-8-4-2-5-9-22/h2-15,17,19,26-27H,16,18,20-21H2,1H3. The number of rotatable bonds is 9. The molecular formula is C32H29NO6. The van der Waals surface area contributed by atoms with Gasteiger partial charge < -0.3 is 14.2 Å². The van der Waals surface area contributed by atoms with E-state index in [0.717, 1.165) is 28.0 Å². The topological polar surface area (TPSA) is 87.9 Å². The van der Waals surface area contributed by atoms with Gasteiger partial charge >= 0.3 is 11.7 Å². The molecule has 5 rings (SSSR count). The molecule has 4 aromatic rings. The highest BCUT2D eigenvalue weighted by Gasteiger charge is 2.32. The molecule has 0 aromatic heterocycles. The number of nitrogens with zero attached hydrogens (tertiary/aromatic N) is 1. The molecule has 7 nitrogen and oxygen atoms in total. The molecule has 1 fully saturated rings. The lowest BCUT2D eigenvalue weighted by Crippen LogP contribution is -2.31. The highest BCUT2D eigenvalue weighted by atomic mass is 16.6. The van der Waals surface area contributed by atoms with Gasteiger partial charge in [0.05, 0.1) is 24.6 Å². The Morgan fingerprint density at radius 1 is 0.897 bits per heavy atom. The Labute approximate surface area is 227 Å².